The molecule has 6 nitrogen and oxygen atoms in total. The molecule has 0 aromatic heterocycles. The summed E-state index contributed by atoms with van der Waals surface area (Å²) < 4.78 is 13.7. The number of benzene rings is 1. The van der Waals surface area contributed by atoms with Crippen LogP contribution in [0.15, 0.2) is 18.2 Å². The fourth-order valence-electron chi connectivity index (χ4n) is 3.36. The molecule has 0 saturated carbocycles. The van der Waals surface area contributed by atoms with Gasteiger partial charge in [0.05, 0.1) is 5.56 Å². The summed E-state index contributed by atoms with van der Waals surface area (Å²) in [4.78, 5) is 28.1. The van der Waals surface area contributed by atoms with E-state index in [1.165, 1.54) is 12.1 Å². The van der Waals surface area contributed by atoms with Gasteiger partial charge in [0.15, 0.2) is 0 Å². The second-order valence-corrected chi connectivity index (χ2v) is 6.80. The van der Waals surface area contributed by atoms with Gasteiger partial charge in [0.25, 0.3) is 5.91 Å². The maximum atomic E-state index is 13.7. The van der Waals surface area contributed by atoms with Gasteiger partial charge in [-0.25, -0.2) is 4.39 Å². The van der Waals surface area contributed by atoms with E-state index < -0.39 is 5.82 Å². The molecule has 2 aliphatic heterocycles. The minimum atomic E-state index is -0.411. The molecule has 2 amide bonds. The van der Waals surface area contributed by atoms with Crippen LogP contribution in [-0.2, 0) is 4.79 Å². The van der Waals surface area contributed by atoms with Crippen LogP contribution in [0.5, 0.6) is 0 Å². The van der Waals surface area contributed by atoms with E-state index >= 15 is 0 Å². The third kappa shape index (κ3) is 4.48. The SMILES string of the molecule is CN1CCN(c2ccc(F)cc2C(=O)NCCC2CCC(=O)N2)CC1. The molecule has 3 rings (SSSR count). The first-order chi connectivity index (χ1) is 12.0. The summed E-state index contributed by atoms with van der Waals surface area (Å²) in [5.41, 5.74) is 1.15. The summed E-state index contributed by atoms with van der Waals surface area (Å²) in [6, 6.07) is 4.52. The van der Waals surface area contributed by atoms with Crippen molar-refractivity contribution in [3.8, 4) is 0 Å². The highest BCUT2D eigenvalue weighted by Gasteiger charge is 2.22. The lowest BCUT2D eigenvalue weighted by molar-refractivity contribution is -0.119. The molecule has 2 saturated heterocycles. The predicted molar refractivity (Wildman–Crippen MR) is 94.2 cm³/mol. The Morgan fingerprint density at radius 2 is 2.08 bits per heavy atom. The number of nitrogens with zero attached hydrogens (tertiary/aromatic N) is 2. The Bertz CT molecular complexity index is 644. The number of hydrogen-bond donors (Lipinski definition) is 2. The Labute approximate surface area is 147 Å². The van der Waals surface area contributed by atoms with Gasteiger partial charge in [0, 0.05) is 50.9 Å². The Morgan fingerprint density at radius 1 is 1.32 bits per heavy atom. The average molecular weight is 348 g/mol. The number of hydrogen-bond acceptors (Lipinski definition) is 4. The van der Waals surface area contributed by atoms with Crippen molar-refractivity contribution in [1.82, 2.24) is 15.5 Å². The molecule has 2 aliphatic rings. The van der Waals surface area contributed by atoms with Crippen LogP contribution in [-0.4, -0.2) is 62.5 Å². The van der Waals surface area contributed by atoms with E-state index in [2.05, 4.69) is 27.5 Å². The van der Waals surface area contributed by atoms with E-state index in [-0.39, 0.29) is 17.9 Å². The number of amides is 2. The second-order valence-electron chi connectivity index (χ2n) is 6.80. The maximum Gasteiger partial charge on any atom is 0.253 e. The van der Waals surface area contributed by atoms with Crippen molar-refractivity contribution in [2.24, 2.45) is 0 Å². The number of rotatable bonds is 5. The van der Waals surface area contributed by atoms with Gasteiger partial charge >= 0.3 is 0 Å². The van der Waals surface area contributed by atoms with Gasteiger partial charge < -0.3 is 20.4 Å². The van der Waals surface area contributed by atoms with Crippen molar-refractivity contribution in [1.29, 1.82) is 0 Å². The minimum Gasteiger partial charge on any atom is -0.368 e. The molecule has 0 bridgehead atoms. The molecule has 1 aromatic carbocycles. The average Bonchev–Trinajstić information content (AvgIpc) is 3.01. The van der Waals surface area contributed by atoms with Crippen molar-refractivity contribution in [3.63, 3.8) is 0 Å². The van der Waals surface area contributed by atoms with Gasteiger partial charge in [-0.1, -0.05) is 0 Å². The second kappa shape index (κ2) is 7.82. The summed E-state index contributed by atoms with van der Waals surface area (Å²) in [6.07, 6.45) is 2.05. The predicted octanol–water partition coefficient (Wildman–Crippen LogP) is 0.976. The highest BCUT2D eigenvalue weighted by Crippen LogP contribution is 2.23. The van der Waals surface area contributed by atoms with Crippen molar-refractivity contribution in [3.05, 3.63) is 29.6 Å². The standard InChI is InChI=1S/C18H25FN4O2/c1-22-8-10-23(11-9-22)16-4-2-13(19)12-15(16)18(25)20-7-6-14-3-5-17(24)21-14/h2,4,12,14H,3,5-11H2,1H3,(H,20,25)(H,21,24). The lowest BCUT2D eigenvalue weighted by atomic mass is 10.1. The highest BCUT2D eigenvalue weighted by atomic mass is 19.1. The zero-order valence-corrected chi connectivity index (χ0v) is 14.6. The number of carbonyl (C=O) groups is 2. The maximum absolute atomic E-state index is 13.7. The topological polar surface area (TPSA) is 64.7 Å². The number of halogens is 1. The number of nitrogens with one attached hydrogen (secondary N) is 2. The molecule has 2 N–H and O–H groups in total. The van der Waals surface area contributed by atoms with E-state index in [0.717, 1.165) is 38.3 Å². The van der Waals surface area contributed by atoms with Crippen LogP contribution in [0, 0.1) is 5.82 Å². The number of anilines is 1. The quantitative estimate of drug-likeness (QED) is 0.833. The normalized spacial score (nSPS) is 21.3. The van der Waals surface area contributed by atoms with E-state index in [4.69, 9.17) is 0 Å². The van der Waals surface area contributed by atoms with Gasteiger partial charge in [-0.3, -0.25) is 9.59 Å². The van der Waals surface area contributed by atoms with Crippen LogP contribution in [0.3, 0.4) is 0 Å². The third-order valence-corrected chi connectivity index (χ3v) is 4.91. The van der Waals surface area contributed by atoms with Gasteiger partial charge in [0.2, 0.25) is 5.91 Å². The first kappa shape index (κ1) is 17.7. The summed E-state index contributed by atoms with van der Waals surface area (Å²) in [7, 11) is 2.07. The Hall–Kier alpha value is -2.15. The van der Waals surface area contributed by atoms with E-state index in [0.29, 0.717) is 24.9 Å². The summed E-state index contributed by atoms with van der Waals surface area (Å²) in [6.45, 7) is 3.93. The van der Waals surface area contributed by atoms with Crippen molar-refractivity contribution in [2.45, 2.75) is 25.3 Å². The van der Waals surface area contributed by atoms with E-state index in [9.17, 15) is 14.0 Å². The first-order valence-corrected chi connectivity index (χ1v) is 8.83. The van der Waals surface area contributed by atoms with E-state index in [1.54, 1.807) is 6.07 Å². The molecule has 1 unspecified atom stereocenters. The van der Waals surface area contributed by atoms with Crippen LogP contribution >= 0.6 is 0 Å². The number of carbonyl (C=O) groups excluding carboxylic acids is 2. The van der Waals surface area contributed by atoms with Crippen molar-refractivity contribution >= 4 is 17.5 Å². The molecule has 2 fully saturated rings. The molecule has 1 aromatic rings. The molecule has 136 valence electrons. The van der Waals surface area contributed by atoms with Crippen molar-refractivity contribution < 1.29 is 14.0 Å². The molecular formula is C18H25FN4O2. The molecular weight excluding hydrogens is 323 g/mol. The fraction of sp³-hybridized carbons (Fsp3) is 0.556. The summed E-state index contributed by atoms with van der Waals surface area (Å²) in [5.74, 6) is -0.609. The van der Waals surface area contributed by atoms with Crippen LogP contribution in [0.2, 0.25) is 0 Å². The van der Waals surface area contributed by atoms with Gasteiger partial charge in [-0.05, 0) is 38.1 Å². The summed E-state index contributed by atoms with van der Waals surface area (Å²) in [5, 5.41) is 5.74. The van der Waals surface area contributed by atoms with E-state index in [1.807, 2.05) is 0 Å². The molecule has 0 aliphatic carbocycles. The largest absolute Gasteiger partial charge is 0.368 e. The summed E-state index contributed by atoms with van der Waals surface area (Å²) >= 11 is 0. The third-order valence-electron chi connectivity index (χ3n) is 4.91. The van der Waals surface area contributed by atoms with Crippen molar-refractivity contribution in [2.75, 3.05) is 44.7 Å². The zero-order chi connectivity index (χ0) is 17.8. The Balaban J connectivity index is 1.62. The van der Waals surface area contributed by atoms with Gasteiger partial charge in [-0.15, -0.1) is 0 Å². The molecule has 1 atom stereocenters. The van der Waals surface area contributed by atoms with Gasteiger partial charge in [0.1, 0.15) is 5.82 Å². The monoisotopic (exact) mass is 348 g/mol. The first-order valence-electron chi connectivity index (χ1n) is 8.83. The van der Waals surface area contributed by atoms with Crippen LogP contribution < -0.4 is 15.5 Å². The number of likely N-dealkylation sites (N-methyl/N-ethyl adjacent to an activating group) is 1. The van der Waals surface area contributed by atoms with Gasteiger partial charge in [-0.2, -0.15) is 0 Å². The lowest BCUT2D eigenvalue weighted by Crippen LogP contribution is -2.45. The Kier molecular flexibility index (Phi) is 5.53. The van der Waals surface area contributed by atoms with Crippen LogP contribution in [0.25, 0.3) is 0 Å². The lowest BCUT2D eigenvalue weighted by Gasteiger charge is -2.35. The highest BCUT2D eigenvalue weighted by molar-refractivity contribution is 5.99. The molecule has 0 radical (unpaired) electrons. The van der Waals surface area contributed by atoms with Crippen LogP contribution in [0.1, 0.15) is 29.6 Å². The Morgan fingerprint density at radius 3 is 2.76 bits per heavy atom. The molecule has 2 heterocycles. The minimum absolute atomic E-state index is 0.0683. The molecule has 7 heteroatoms. The fourth-order valence-corrected chi connectivity index (χ4v) is 3.36. The molecule has 25 heavy (non-hydrogen) atoms. The zero-order valence-electron chi connectivity index (χ0n) is 14.6. The molecule has 0 spiro atoms. The van der Waals surface area contributed by atoms with Crippen LogP contribution in [0.4, 0.5) is 10.1 Å². The number of piperazine rings is 1. The smallest absolute Gasteiger partial charge is 0.253 e.